The second-order valence-electron chi connectivity index (χ2n) is 9.25. The van der Waals surface area contributed by atoms with Crippen molar-refractivity contribution in [1.82, 2.24) is 0 Å². The van der Waals surface area contributed by atoms with Crippen LogP contribution in [0.25, 0.3) is 0 Å². The van der Waals surface area contributed by atoms with Crippen molar-refractivity contribution in [1.29, 1.82) is 0 Å². The first kappa shape index (κ1) is 29.4. The minimum absolute atomic E-state index is 0.00714. The normalized spacial score (nSPS) is 12.2. The van der Waals surface area contributed by atoms with Crippen LogP contribution in [0.4, 0.5) is 0 Å². The summed E-state index contributed by atoms with van der Waals surface area (Å²) in [5, 5.41) is 8.81. The molecule has 0 saturated heterocycles. The van der Waals surface area contributed by atoms with Gasteiger partial charge in [-0.3, -0.25) is 4.79 Å². The predicted octanol–water partition coefficient (Wildman–Crippen LogP) is 8.37. The molecule has 30 heavy (non-hydrogen) atoms. The zero-order valence-electron chi connectivity index (χ0n) is 20.6. The van der Waals surface area contributed by atoms with Crippen molar-refractivity contribution in [2.24, 2.45) is 5.92 Å². The Hall–Kier alpha value is -0.570. The van der Waals surface area contributed by atoms with Crippen LogP contribution in [-0.2, 0) is 9.53 Å². The molecule has 0 amide bonds. The highest BCUT2D eigenvalue weighted by Crippen LogP contribution is 2.23. The third-order valence-electron chi connectivity index (χ3n) is 6.20. The van der Waals surface area contributed by atoms with Crippen LogP contribution < -0.4 is 0 Å². The van der Waals surface area contributed by atoms with E-state index in [1.54, 1.807) is 0 Å². The Balaban J connectivity index is 4.00. The molecule has 3 heteroatoms. The summed E-state index contributed by atoms with van der Waals surface area (Å²) in [6, 6.07) is 0. The zero-order chi connectivity index (χ0) is 22.1. The van der Waals surface area contributed by atoms with Gasteiger partial charge in [0.05, 0.1) is 6.61 Å². The fourth-order valence-corrected chi connectivity index (χ4v) is 4.18. The van der Waals surface area contributed by atoms with Crippen LogP contribution in [0.3, 0.4) is 0 Å². The van der Waals surface area contributed by atoms with Crippen LogP contribution in [0.15, 0.2) is 0 Å². The quantitative estimate of drug-likeness (QED) is 0.124. The van der Waals surface area contributed by atoms with Crippen LogP contribution in [0.2, 0.25) is 0 Å². The highest BCUT2D eigenvalue weighted by Gasteiger charge is 2.15. The molecular formula is C27H54O3. The Morgan fingerprint density at radius 1 is 0.633 bits per heavy atom. The number of esters is 1. The number of hydrogen-bond acceptors (Lipinski definition) is 3. The molecule has 180 valence electrons. The first-order chi connectivity index (χ1) is 14.7. The molecule has 1 atom stereocenters. The molecule has 1 unspecified atom stereocenters. The minimum Gasteiger partial charge on any atom is -0.466 e. The van der Waals surface area contributed by atoms with Gasteiger partial charge in [0.25, 0.3) is 0 Å². The fourth-order valence-electron chi connectivity index (χ4n) is 4.18. The number of unbranched alkanes of at least 4 members (excludes halogenated alkanes) is 15. The monoisotopic (exact) mass is 426 g/mol. The standard InChI is InChI=1S/C27H54O3/c1-3-5-7-9-11-12-14-18-22-26(21-17-13-10-8-6-4-2)25-27(29)30-24-20-16-15-19-23-28/h26,28H,3-25H2,1-2H3. The maximum atomic E-state index is 12.3. The van der Waals surface area contributed by atoms with Gasteiger partial charge in [0.15, 0.2) is 0 Å². The number of aliphatic hydroxyl groups is 1. The SMILES string of the molecule is CCCCCCCCCCC(CCCCCCCC)CC(=O)OCCCCCCO. The van der Waals surface area contributed by atoms with Gasteiger partial charge < -0.3 is 9.84 Å². The van der Waals surface area contributed by atoms with E-state index >= 15 is 0 Å². The molecule has 0 spiro atoms. The van der Waals surface area contributed by atoms with E-state index in [0.717, 1.165) is 25.7 Å². The highest BCUT2D eigenvalue weighted by molar-refractivity contribution is 5.69. The minimum atomic E-state index is 0.00714. The third-order valence-corrected chi connectivity index (χ3v) is 6.20. The first-order valence-electron chi connectivity index (χ1n) is 13.5. The van der Waals surface area contributed by atoms with Crippen LogP contribution >= 0.6 is 0 Å². The van der Waals surface area contributed by atoms with E-state index in [2.05, 4.69) is 13.8 Å². The van der Waals surface area contributed by atoms with E-state index in [0.29, 0.717) is 18.9 Å². The molecule has 0 fully saturated rings. The fraction of sp³-hybridized carbons (Fsp3) is 0.963. The van der Waals surface area contributed by atoms with Gasteiger partial charge in [-0.05, 0) is 38.0 Å². The second kappa shape index (κ2) is 24.7. The molecule has 3 nitrogen and oxygen atoms in total. The summed E-state index contributed by atoms with van der Waals surface area (Å²) in [4.78, 5) is 12.3. The van der Waals surface area contributed by atoms with Crippen molar-refractivity contribution in [3.05, 3.63) is 0 Å². The van der Waals surface area contributed by atoms with Gasteiger partial charge >= 0.3 is 5.97 Å². The van der Waals surface area contributed by atoms with Gasteiger partial charge in [0.1, 0.15) is 0 Å². The van der Waals surface area contributed by atoms with E-state index < -0.39 is 0 Å². The van der Waals surface area contributed by atoms with Crippen LogP contribution in [-0.4, -0.2) is 24.3 Å². The number of hydrogen-bond donors (Lipinski definition) is 1. The zero-order valence-corrected chi connectivity index (χ0v) is 20.6. The van der Waals surface area contributed by atoms with E-state index in [1.165, 1.54) is 103 Å². The van der Waals surface area contributed by atoms with E-state index in [1.807, 2.05) is 0 Å². The van der Waals surface area contributed by atoms with Gasteiger partial charge in [-0.15, -0.1) is 0 Å². The number of ether oxygens (including phenoxy) is 1. The Kier molecular flexibility index (Phi) is 24.2. The van der Waals surface area contributed by atoms with Crippen molar-refractivity contribution in [2.75, 3.05) is 13.2 Å². The number of carbonyl (C=O) groups excluding carboxylic acids is 1. The summed E-state index contributed by atoms with van der Waals surface area (Å²) in [6.07, 6.45) is 25.5. The lowest BCUT2D eigenvalue weighted by Gasteiger charge is -2.16. The lowest BCUT2D eigenvalue weighted by molar-refractivity contribution is -0.145. The average Bonchev–Trinajstić information content (AvgIpc) is 2.74. The molecule has 0 aliphatic carbocycles. The highest BCUT2D eigenvalue weighted by atomic mass is 16.5. The lowest BCUT2D eigenvalue weighted by atomic mass is 9.91. The number of carbonyl (C=O) groups is 1. The maximum Gasteiger partial charge on any atom is 0.306 e. The van der Waals surface area contributed by atoms with Gasteiger partial charge in [0, 0.05) is 13.0 Å². The van der Waals surface area contributed by atoms with Crippen molar-refractivity contribution < 1.29 is 14.6 Å². The Morgan fingerprint density at radius 3 is 1.57 bits per heavy atom. The Morgan fingerprint density at radius 2 is 1.07 bits per heavy atom. The van der Waals surface area contributed by atoms with Crippen LogP contribution in [0.5, 0.6) is 0 Å². The van der Waals surface area contributed by atoms with Crippen LogP contribution in [0.1, 0.15) is 149 Å². The summed E-state index contributed by atoms with van der Waals surface area (Å²) in [7, 11) is 0. The average molecular weight is 427 g/mol. The Bertz CT molecular complexity index is 343. The summed E-state index contributed by atoms with van der Waals surface area (Å²) in [5.74, 6) is 0.519. The van der Waals surface area contributed by atoms with E-state index in [-0.39, 0.29) is 12.6 Å². The molecule has 0 aromatic carbocycles. The summed E-state index contributed by atoms with van der Waals surface area (Å²) >= 11 is 0. The molecule has 0 radical (unpaired) electrons. The van der Waals surface area contributed by atoms with Crippen molar-refractivity contribution in [2.45, 2.75) is 149 Å². The van der Waals surface area contributed by atoms with Gasteiger partial charge in [-0.2, -0.15) is 0 Å². The van der Waals surface area contributed by atoms with Crippen molar-refractivity contribution >= 4 is 5.97 Å². The smallest absolute Gasteiger partial charge is 0.306 e. The van der Waals surface area contributed by atoms with Gasteiger partial charge in [-0.25, -0.2) is 0 Å². The molecule has 0 rings (SSSR count). The predicted molar refractivity (Wildman–Crippen MR) is 130 cm³/mol. The molecule has 0 bridgehead atoms. The van der Waals surface area contributed by atoms with E-state index in [4.69, 9.17) is 9.84 Å². The molecule has 0 aliphatic rings. The largest absolute Gasteiger partial charge is 0.466 e. The van der Waals surface area contributed by atoms with Crippen LogP contribution in [0, 0.1) is 5.92 Å². The first-order valence-corrected chi connectivity index (χ1v) is 13.5. The number of rotatable bonds is 24. The molecule has 0 aromatic rings. The third kappa shape index (κ3) is 22.1. The maximum absolute atomic E-state index is 12.3. The lowest BCUT2D eigenvalue weighted by Crippen LogP contribution is -2.13. The molecule has 1 N–H and O–H groups in total. The second-order valence-corrected chi connectivity index (χ2v) is 9.25. The summed E-state index contributed by atoms with van der Waals surface area (Å²) in [5.41, 5.74) is 0. The summed E-state index contributed by atoms with van der Waals surface area (Å²) < 4.78 is 5.49. The Labute approximate surface area is 188 Å². The molecular weight excluding hydrogens is 372 g/mol. The molecule has 0 saturated carbocycles. The molecule has 0 aliphatic heterocycles. The molecule has 0 aromatic heterocycles. The van der Waals surface area contributed by atoms with Gasteiger partial charge in [-0.1, -0.05) is 110 Å². The van der Waals surface area contributed by atoms with Crippen molar-refractivity contribution in [3.63, 3.8) is 0 Å². The van der Waals surface area contributed by atoms with E-state index in [9.17, 15) is 4.79 Å². The summed E-state index contributed by atoms with van der Waals surface area (Å²) in [6.45, 7) is 5.34. The number of aliphatic hydroxyl groups excluding tert-OH is 1. The van der Waals surface area contributed by atoms with Crippen molar-refractivity contribution in [3.8, 4) is 0 Å². The topological polar surface area (TPSA) is 46.5 Å². The van der Waals surface area contributed by atoms with Gasteiger partial charge in [0.2, 0.25) is 0 Å². The molecule has 0 heterocycles.